The number of hydrogen-bond donors (Lipinski definition) is 1. The minimum atomic E-state index is -1.06. The van der Waals surface area contributed by atoms with Crippen molar-refractivity contribution in [2.75, 3.05) is 13.2 Å². The van der Waals surface area contributed by atoms with E-state index in [9.17, 15) is 9.90 Å². The molecular weight excluding hydrogens is 604 g/mol. The second-order valence-corrected chi connectivity index (χ2v) is 12.8. The predicted octanol–water partition coefficient (Wildman–Crippen LogP) is 6.06. The Labute approximate surface area is 260 Å². The highest BCUT2D eigenvalue weighted by Crippen LogP contribution is 2.45. The van der Waals surface area contributed by atoms with Gasteiger partial charge in [-0.05, 0) is 61.2 Å². The first-order valence-electron chi connectivity index (χ1n) is 14.6. The minimum Gasteiger partial charge on any atom is -0.478 e. The molecule has 3 aromatic heterocycles. The summed E-state index contributed by atoms with van der Waals surface area (Å²) in [5, 5.41) is 18.7. The number of nitrogens with zero attached hydrogens (tertiary/aromatic N) is 5. The SMILES string of the molecule is CC1(COc2nnc(COc3cccc(-c4cc(F)c(Cc5nc6ccc(C(=O)O)cc6n5CC5CCO5)cc4F)n3)s2)CC1. The molecule has 0 amide bonds. The minimum absolute atomic E-state index is 0.00376. The van der Waals surface area contributed by atoms with E-state index in [0.29, 0.717) is 46.8 Å². The van der Waals surface area contributed by atoms with Crippen molar-refractivity contribution in [2.24, 2.45) is 5.41 Å². The zero-order chi connectivity index (χ0) is 31.1. The molecule has 5 aromatic rings. The number of carbonyl (C=O) groups is 1. The second-order valence-electron chi connectivity index (χ2n) is 11.7. The number of rotatable bonds is 12. The third-order valence-corrected chi connectivity index (χ3v) is 8.99. The number of aromatic carboxylic acids is 1. The average molecular weight is 634 g/mol. The molecule has 7 rings (SSSR count). The van der Waals surface area contributed by atoms with Gasteiger partial charge in [0, 0.05) is 30.1 Å². The molecule has 2 aromatic carbocycles. The number of fused-ring (bicyclic) bond motifs is 1. The fraction of sp³-hybridized carbons (Fsp3) is 0.344. The topological polar surface area (TPSA) is 121 Å². The lowest BCUT2D eigenvalue weighted by Gasteiger charge is -2.27. The zero-order valence-electron chi connectivity index (χ0n) is 24.3. The molecule has 1 saturated heterocycles. The molecule has 0 radical (unpaired) electrons. The molecule has 1 aliphatic heterocycles. The Morgan fingerprint density at radius 1 is 1.11 bits per heavy atom. The van der Waals surface area contributed by atoms with Gasteiger partial charge in [0.25, 0.3) is 5.19 Å². The molecule has 45 heavy (non-hydrogen) atoms. The van der Waals surface area contributed by atoms with Crippen LogP contribution in [0.15, 0.2) is 48.5 Å². The van der Waals surface area contributed by atoms with Crippen LogP contribution >= 0.6 is 11.3 Å². The van der Waals surface area contributed by atoms with E-state index in [4.69, 9.17) is 14.2 Å². The van der Waals surface area contributed by atoms with Gasteiger partial charge >= 0.3 is 5.97 Å². The van der Waals surface area contributed by atoms with E-state index in [0.717, 1.165) is 31.4 Å². The quantitative estimate of drug-likeness (QED) is 0.175. The highest BCUT2D eigenvalue weighted by atomic mass is 32.1. The summed E-state index contributed by atoms with van der Waals surface area (Å²) < 4.78 is 50.0. The number of hydrogen-bond acceptors (Lipinski definition) is 9. The lowest BCUT2D eigenvalue weighted by atomic mass is 10.0. The zero-order valence-corrected chi connectivity index (χ0v) is 25.1. The van der Waals surface area contributed by atoms with Crippen LogP contribution < -0.4 is 9.47 Å². The molecule has 2 aliphatic rings. The van der Waals surface area contributed by atoms with Gasteiger partial charge in [0.2, 0.25) is 5.88 Å². The molecule has 1 saturated carbocycles. The van der Waals surface area contributed by atoms with Crippen LogP contribution in [0.1, 0.15) is 52.9 Å². The van der Waals surface area contributed by atoms with Gasteiger partial charge < -0.3 is 23.9 Å². The molecule has 2 fully saturated rings. The van der Waals surface area contributed by atoms with Crippen LogP contribution in [-0.2, 0) is 24.3 Å². The van der Waals surface area contributed by atoms with Gasteiger partial charge in [0.1, 0.15) is 24.1 Å². The van der Waals surface area contributed by atoms with E-state index in [1.54, 1.807) is 30.3 Å². The molecule has 4 heterocycles. The van der Waals surface area contributed by atoms with Gasteiger partial charge in [-0.15, -0.1) is 5.10 Å². The fourth-order valence-corrected chi connectivity index (χ4v) is 5.70. The van der Waals surface area contributed by atoms with Crippen LogP contribution in [0.2, 0.25) is 0 Å². The Balaban J connectivity index is 1.08. The van der Waals surface area contributed by atoms with Crippen LogP contribution in [0.5, 0.6) is 11.1 Å². The maximum atomic E-state index is 15.5. The number of ether oxygens (including phenoxy) is 3. The maximum Gasteiger partial charge on any atom is 0.335 e. The Kier molecular flexibility index (Phi) is 7.66. The molecule has 1 atom stereocenters. The Morgan fingerprint density at radius 3 is 2.71 bits per heavy atom. The molecule has 0 spiro atoms. The molecule has 1 N–H and O–H groups in total. The standard InChI is InChI=1S/C32H29F2N5O5S/c1-32(8-9-32)17-44-31-38-37-29(45-31)16-43-28-4-2-3-24(36-28)21-14-22(33)19(11-23(21)34)13-27-35-25-6-5-18(30(40)41)12-26(25)39(27)15-20-7-10-42-20/h2-6,11-12,14,20H,7-10,13,15-17H2,1H3,(H,40,41). The van der Waals surface area contributed by atoms with E-state index in [2.05, 4.69) is 27.1 Å². The van der Waals surface area contributed by atoms with Gasteiger partial charge in [-0.1, -0.05) is 29.4 Å². The first kappa shape index (κ1) is 29.2. The van der Waals surface area contributed by atoms with Crippen molar-refractivity contribution in [1.82, 2.24) is 24.7 Å². The normalized spacial score (nSPS) is 16.8. The van der Waals surface area contributed by atoms with Crippen molar-refractivity contribution in [3.05, 3.63) is 82.1 Å². The van der Waals surface area contributed by atoms with Crippen LogP contribution in [0.4, 0.5) is 8.78 Å². The summed E-state index contributed by atoms with van der Waals surface area (Å²) in [5.41, 5.74) is 1.83. The Hall–Kier alpha value is -4.49. The molecule has 232 valence electrons. The monoisotopic (exact) mass is 633 g/mol. The number of benzene rings is 2. The van der Waals surface area contributed by atoms with Crippen LogP contribution in [-0.4, -0.2) is 55.1 Å². The van der Waals surface area contributed by atoms with E-state index >= 15 is 8.78 Å². The lowest BCUT2D eigenvalue weighted by Crippen LogP contribution is -2.31. The first-order chi connectivity index (χ1) is 21.7. The number of carboxylic acids is 1. The summed E-state index contributed by atoms with van der Waals surface area (Å²) >= 11 is 1.29. The lowest BCUT2D eigenvalue weighted by molar-refractivity contribution is -0.0589. The Morgan fingerprint density at radius 2 is 1.96 bits per heavy atom. The van der Waals surface area contributed by atoms with Crippen molar-refractivity contribution < 1.29 is 32.9 Å². The second kappa shape index (κ2) is 11.8. The van der Waals surface area contributed by atoms with E-state index in [1.807, 2.05) is 4.57 Å². The number of imidazole rings is 1. The number of pyridine rings is 1. The van der Waals surface area contributed by atoms with Crippen molar-refractivity contribution in [3.63, 3.8) is 0 Å². The summed E-state index contributed by atoms with van der Waals surface area (Å²) in [7, 11) is 0. The Bertz CT molecular complexity index is 1900. The number of carboxylic acid groups (broad SMARTS) is 1. The van der Waals surface area contributed by atoms with Crippen molar-refractivity contribution >= 4 is 28.3 Å². The van der Waals surface area contributed by atoms with Gasteiger partial charge in [-0.3, -0.25) is 0 Å². The molecule has 10 nitrogen and oxygen atoms in total. The smallest absolute Gasteiger partial charge is 0.335 e. The third kappa shape index (κ3) is 6.36. The molecule has 1 aliphatic carbocycles. The average Bonchev–Trinajstić information content (AvgIpc) is 3.41. The summed E-state index contributed by atoms with van der Waals surface area (Å²) in [5.74, 6) is -1.62. The summed E-state index contributed by atoms with van der Waals surface area (Å²) in [6.07, 6.45) is 3.08. The third-order valence-electron chi connectivity index (χ3n) is 8.18. The largest absolute Gasteiger partial charge is 0.478 e. The number of halogens is 2. The predicted molar refractivity (Wildman–Crippen MR) is 161 cm³/mol. The van der Waals surface area contributed by atoms with Crippen molar-refractivity contribution in [3.8, 4) is 22.3 Å². The maximum absolute atomic E-state index is 15.5. The molecule has 13 heteroatoms. The fourth-order valence-electron chi connectivity index (χ4n) is 5.10. The molecular formula is C32H29F2N5O5S. The van der Waals surface area contributed by atoms with E-state index in [1.165, 1.54) is 17.4 Å². The van der Waals surface area contributed by atoms with Crippen LogP contribution in [0, 0.1) is 17.0 Å². The van der Waals surface area contributed by atoms with E-state index < -0.39 is 17.6 Å². The van der Waals surface area contributed by atoms with E-state index in [-0.39, 0.29) is 52.8 Å². The van der Waals surface area contributed by atoms with Gasteiger partial charge in [-0.25, -0.2) is 23.5 Å². The first-order valence-corrected chi connectivity index (χ1v) is 15.4. The molecule has 0 bridgehead atoms. The van der Waals surface area contributed by atoms with Crippen molar-refractivity contribution in [2.45, 2.75) is 51.9 Å². The summed E-state index contributed by atoms with van der Waals surface area (Å²) in [6, 6.07) is 11.8. The van der Waals surface area contributed by atoms with Gasteiger partial charge in [0.05, 0.1) is 41.5 Å². The van der Waals surface area contributed by atoms with Crippen molar-refractivity contribution in [1.29, 1.82) is 0 Å². The highest BCUT2D eigenvalue weighted by Gasteiger charge is 2.38. The van der Waals surface area contributed by atoms with Gasteiger partial charge in [0.15, 0.2) is 5.01 Å². The highest BCUT2D eigenvalue weighted by molar-refractivity contribution is 7.13. The summed E-state index contributed by atoms with van der Waals surface area (Å²) in [6.45, 7) is 3.95. The summed E-state index contributed by atoms with van der Waals surface area (Å²) in [4.78, 5) is 20.6. The molecule has 1 unspecified atom stereocenters. The van der Waals surface area contributed by atoms with Crippen LogP contribution in [0.3, 0.4) is 0 Å². The number of aromatic nitrogens is 5. The van der Waals surface area contributed by atoms with Gasteiger partial charge in [-0.2, -0.15) is 0 Å². The van der Waals surface area contributed by atoms with Crippen LogP contribution in [0.25, 0.3) is 22.3 Å².